The highest BCUT2D eigenvalue weighted by Gasteiger charge is 2.28. The normalized spacial score (nSPS) is 13.4. The maximum absolute atomic E-state index is 13.4. The van der Waals surface area contributed by atoms with Gasteiger partial charge >= 0.3 is 5.69 Å². The lowest BCUT2D eigenvalue weighted by Crippen LogP contribution is -2.39. The van der Waals surface area contributed by atoms with E-state index in [-0.39, 0.29) is 23.6 Å². The van der Waals surface area contributed by atoms with Crippen LogP contribution in [-0.2, 0) is 13.0 Å². The Labute approximate surface area is 220 Å². The topological polar surface area (TPSA) is 82.6 Å². The summed E-state index contributed by atoms with van der Waals surface area (Å²) in [6.07, 6.45) is 0.722. The molecule has 7 heteroatoms. The third-order valence-corrected chi connectivity index (χ3v) is 7.31. The second-order valence-corrected chi connectivity index (χ2v) is 10.6. The Kier molecular flexibility index (Phi) is 7.64. The molecule has 3 aromatic rings. The minimum Gasteiger partial charge on any atom is -0.493 e. The van der Waals surface area contributed by atoms with Gasteiger partial charge in [0.1, 0.15) is 5.82 Å². The number of benzene rings is 2. The molecule has 1 aliphatic rings. The highest BCUT2D eigenvalue weighted by molar-refractivity contribution is 5.76. The van der Waals surface area contributed by atoms with Crippen LogP contribution in [0.15, 0.2) is 35.1 Å². The van der Waals surface area contributed by atoms with Crippen molar-refractivity contribution >= 4 is 11.5 Å². The quantitative estimate of drug-likeness (QED) is 0.435. The van der Waals surface area contributed by atoms with Crippen LogP contribution in [0.5, 0.6) is 11.5 Å². The van der Waals surface area contributed by atoms with E-state index in [1.165, 1.54) is 16.7 Å². The summed E-state index contributed by atoms with van der Waals surface area (Å²) >= 11 is 0. The number of fused-ring (bicyclic) bond motifs is 3. The van der Waals surface area contributed by atoms with Crippen molar-refractivity contribution in [1.82, 2.24) is 9.55 Å². The third kappa shape index (κ3) is 4.85. The Hall–Kier alpha value is -3.32. The molecule has 1 atom stereocenters. The molecule has 2 aromatic carbocycles. The number of rotatable bonds is 8. The van der Waals surface area contributed by atoms with Crippen LogP contribution in [0.3, 0.4) is 0 Å². The number of methoxy groups -OCH3 is 2. The fraction of sp³-hybridized carbons (Fsp3) is 0.467. The predicted octanol–water partition coefficient (Wildman–Crippen LogP) is 5.52. The van der Waals surface area contributed by atoms with Gasteiger partial charge in [0.2, 0.25) is 0 Å². The monoisotopic (exact) mass is 504 g/mol. The van der Waals surface area contributed by atoms with Crippen molar-refractivity contribution < 1.29 is 9.47 Å². The van der Waals surface area contributed by atoms with Gasteiger partial charge in [-0.05, 0) is 60.9 Å². The number of aryl methyl sites for hydroxylation is 2. The second-order valence-electron chi connectivity index (χ2n) is 10.6. The molecule has 2 heterocycles. The summed E-state index contributed by atoms with van der Waals surface area (Å²) in [5.41, 5.74) is 13.7. The molecule has 0 aliphatic carbocycles. The predicted molar refractivity (Wildman–Crippen MR) is 151 cm³/mol. The fourth-order valence-electron chi connectivity index (χ4n) is 5.32. The summed E-state index contributed by atoms with van der Waals surface area (Å²) in [6.45, 7) is 14.0. The lowest BCUT2D eigenvalue weighted by molar-refractivity contribution is 0.354. The largest absolute Gasteiger partial charge is 0.493 e. The lowest BCUT2D eigenvalue weighted by atomic mass is 9.89. The molecular weight excluding hydrogens is 464 g/mol. The molecule has 0 saturated heterocycles. The first kappa shape index (κ1) is 26.7. The maximum Gasteiger partial charge on any atom is 0.350 e. The summed E-state index contributed by atoms with van der Waals surface area (Å²) in [6, 6.07) is 10.4. The first-order chi connectivity index (χ1) is 17.6. The SMILES string of the molecule is COc1cc2c(cc1OC)-c1cc(N(c3c(C(C)C)cc(C)cc3C(C)C)C(C)CN)nc(=O)n1CC2. The molecule has 198 valence electrons. The molecule has 0 saturated carbocycles. The number of nitrogens with zero attached hydrogens (tertiary/aromatic N) is 3. The molecule has 1 aromatic heterocycles. The van der Waals surface area contributed by atoms with Crippen molar-refractivity contribution in [3.8, 4) is 22.8 Å². The summed E-state index contributed by atoms with van der Waals surface area (Å²) in [7, 11) is 3.26. The number of nitrogens with two attached hydrogens (primary N) is 1. The van der Waals surface area contributed by atoms with Gasteiger partial charge < -0.3 is 20.1 Å². The maximum atomic E-state index is 13.4. The van der Waals surface area contributed by atoms with Gasteiger partial charge in [0.25, 0.3) is 0 Å². The third-order valence-electron chi connectivity index (χ3n) is 7.31. The summed E-state index contributed by atoms with van der Waals surface area (Å²) in [5.74, 6) is 2.51. The standard InChI is InChI=1S/C30H40N4O3/c1-17(2)22-11-19(5)12-23(18(3)4)29(22)34(20(6)16-31)28-15-25-24-14-27(37-8)26(36-7)13-21(24)9-10-33(25)30(35)32-28/h11-15,17-18,20H,9-10,16,31H2,1-8H3. The molecule has 1 unspecified atom stereocenters. The molecule has 4 rings (SSSR count). The van der Waals surface area contributed by atoms with Gasteiger partial charge in [0.05, 0.1) is 19.9 Å². The van der Waals surface area contributed by atoms with Gasteiger partial charge in [-0.1, -0.05) is 45.4 Å². The van der Waals surface area contributed by atoms with Gasteiger partial charge in [-0.3, -0.25) is 4.57 Å². The number of anilines is 2. The van der Waals surface area contributed by atoms with E-state index in [4.69, 9.17) is 15.2 Å². The van der Waals surface area contributed by atoms with Gasteiger partial charge in [0.15, 0.2) is 11.5 Å². The van der Waals surface area contributed by atoms with E-state index in [1.807, 2.05) is 18.2 Å². The van der Waals surface area contributed by atoms with Crippen LogP contribution in [0.4, 0.5) is 11.5 Å². The minimum atomic E-state index is -0.258. The van der Waals surface area contributed by atoms with Gasteiger partial charge in [-0.2, -0.15) is 4.98 Å². The van der Waals surface area contributed by atoms with E-state index < -0.39 is 0 Å². The number of ether oxygens (including phenoxy) is 2. The van der Waals surface area contributed by atoms with Crippen molar-refractivity contribution in [3.05, 3.63) is 63.1 Å². The van der Waals surface area contributed by atoms with Gasteiger partial charge in [0, 0.05) is 36.4 Å². The zero-order chi connectivity index (χ0) is 27.0. The van der Waals surface area contributed by atoms with E-state index >= 15 is 0 Å². The molecule has 1 aliphatic heterocycles. The van der Waals surface area contributed by atoms with Crippen molar-refractivity contribution in [2.24, 2.45) is 5.73 Å². The summed E-state index contributed by atoms with van der Waals surface area (Å²) in [4.78, 5) is 20.3. The Morgan fingerprint density at radius 2 is 1.57 bits per heavy atom. The van der Waals surface area contributed by atoms with E-state index in [9.17, 15) is 4.79 Å². The molecule has 7 nitrogen and oxygen atoms in total. The number of hydrogen-bond acceptors (Lipinski definition) is 6. The lowest BCUT2D eigenvalue weighted by Gasteiger charge is -2.36. The first-order valence-electron chi connectivity index (χ1n) is 13.1. The van der Waals surface area contributed by atoms with Crippen LogP contribution in [0.2, 0.25) is 0 Å². The van der Waals surface area contributed by atoms with Crippen LogP contribution >= 0.6 is 0 Å². The van der Waals surface area contributed by atoms with Crippen molar-refractivity contribution in [2.75, 3.05) is 25.7 Å². The molecular formula is C30H40N4O3. The zero-order valence-corrected chi connectivity index (χ0v) is 23.4. The molecule has 37 heavy (non-hydrogen) atoms. The first-order valence-corrected chi connectivity index (χ1v) is 13.1. The Bertz CT molecular complexity index is 1330. The smallest absolute Gasteiger partial charge is 0.350 e. The Balaban J connectivity index is 2.01. The average Bonchev–Trinajstić information content (AvgIpc) is 2.87. The fourth-order valence-corrected chi connectivity index (χ4v) is 5.32. The summed E-state index contributed by atoms with van der Waals surface area (Å²) < 4.78 is 12.9. The van der Waals surface area contributed by atoms with Crippen molar-refractivity contribution in [1.29, 1.82) is 0 Å². The van der Waals surface area contributed by atoms with Gasteiger partial charge in [-0.25, -0.2) is 4.79 Å². The van der Waals surface area contributed by atoms with Crippen LogP contribution < -0.4 is 25.8 Å². The Morgan fingerprint density at radius 1 is 0.973 bits per heavy atom. The minimum absolute atomic E-state index is 0.0684. The van der Waals surface area contributed by atoms with E-state index in [0.29, 0.717) is 30.4 Å². The van der Waals surface area contributed by atoms with Crippen LogP contribution in [-0.4, -0.2) is 36.4 Å². The number of hydrogen-bond donors (Lipinski definition) is 1. The van der Waals surface area contributed by atoms with E-state index in [2.05, 4.69) is 63.6 Å². The van der Waals surface area contributed by atoms with Crippen molar-refractivity contribution in [2.45, 2.75) is 72.4 Å². The molecule has 2 N–H and O–H groups in total. The molecule has 0 fully saturated rings. The second kappa shape index (κ2) is 10.6. The highest BCUT2D eigenvalue weighted by atomic mass is 16.5. The van der Waals surface area contributed by atoms with Crippen molar-refractivity contribution in [3.63, 3.8) is 0 Å². The summed E-state index contributed by atoms with van der Waals surface area (Å²) in [5, 5.41) is 0. The highest BCUT2D eigenvalue weighted by Crippen LogP contribution is 2.43. The molecule has 0 amide bonds. The van der Waals surface area contributed by atoms with E-state index in [1.54, 1.807) is 18.8 Å². The Morgan fingerprint density at radius 3 is 2.11 bits per heavy atom. The van der Waals surface area contributed by atoms with Crippen LogP contribution in [0.1, 0.15) is 68.7 Å². The van der Waals surface area contributed by atoms with E-state index in [0.717, 1.165) is 28.9 Å². The zero-order valence-electron chi connectivity index (χ0n) is 23.4. The molecule has 0 radical (unpaired) electrons. The molecule has 0 spiro atoms. The average molecular weight is 505 g/mol. The van der Waals surface area contributed by atoms with Crippen LogP contribution in [0, 0.1) is 6.92 Å². The van der Waals surface area contributed by atoms with Crippen LogP contribution in [0.25, 0.3) is 11.3 Å². The molecule has 0 bridgehead atoms. The van der Waals surface area contributed by atoms with Gasteiger partial charge in [-0.15, -0.1) is 0 Å². The number of aromatic nitrogens is 2.